The minimum Gasteiger partial charge on any atom is -0.388 e. The number of aliphatic imine (C=N–C) groups is 1. The first kappa shape index (κ1) is 14.8. The lowest BCUT2D eigenvalue weighted by molar-refractivity contribution is -0.0236. The zero-order valence-electron chi connectivity index (χ0n) is 12.1. The highest BCUT2D eigenvalue weighted by Crippen LogP contribution is 2.31. The van der Waals surface area contributed by atoms with Gasteiger partial charge in [-0.05, 0) is 38.3 Å². The Hall–Kier alpha value is -1.62. The highest BCUT2D eigenvalue weighted by atomic mass is 16.3. The van der Waals surface area contributed by atoms with E-state index in [2.05, 4.69) is 20.6 Å². The van der Waals surface area contributed by atoms with Crippen molar-refractivity contribution in [2.45, 2.75) is 38.2 Å². The third-order valence-corrected chi connectivity index (χ3v) is 3.56. The van der Waals surface area contributed by atoms with Crippen LogP contribution in [0.2, 0.25) is 0 Å². The van der Waals surface area contributed by atoms with Crippen LogP contribution < -0.4 is 10.6 Å². The molecule has 1 aromatic heterocycles. The Morgan fingerprint density at radius 3 is 2.85 bits per heavy atom. The maximum atomic E-state index is 10.1. The van der Waals surface area contributed by atoms with Gasteiger partial charge in [-0.15, -0.1) is 0 Å². The maximum Gasteiger partial charge on any atom is 0.191 e. The van der Waals surface area contributed by atoms with E-state index in [-0.39, 0.29) is 0 Å². The molecule has 0 bridgehead atoms. The average molecular weight is 276 g/mol. The normalized spacial score (nSPS) is 17.4. The molecule has 1 fully saturated rings. The molecule has 5 nitrogen and oxygen atoms in total. The van der Waals surface area contributed by atoms with Crippen molar-refractivity contribution < 1.29 is 5.11 Å². The second kappa shape index (κ2) is 7.24. The van der Waals surface area contributed by atoms with Crippen molar-refractivity contribution in [2.75, 3.05) is 19.6 Å². The molecular weight excluding hydrogens is 252 g/mol. The fourth-order valence-electron chi connectivity index (χ4n) is 2.17. The summed E-state index contributed by atoms with van der Waals surface area (Å²) in [6.45, 7) is 4.11. The Bertz CT molecular complexity index is 429. The van der Waals surface area contributed by atoms with E-state index in [1.54, 1.807) is 6.20 Å². The monoisotopic (exact) mass is 276 g/mol. The van der Waals surface area contributed by atoms with E-state index in [9.17, 15) is 5.11 Å². The predicted molar refractivity (Wildman–Crippen MR) is 80.7 cm³/mol. The van der Waals surface area contributed by atoms with Gasteiger partial charge in [0.15, 0.2) is 5.96 Å². The number of nitrogens with one attached hydrogen (secondary N) is 2. The van der Waals surface area contributed by atoms with Gasteiger partial charge in [0.25, 0.3) is 0 Å². The SMILES string of the molecule is CCNC(=NCC1(O)CCC1)NCCc1ccccn1. The first-order valence-electron chi connectivity index (χ1n) is 7.36. The topological polar surface area (TPSA) is 69.5 Å². The van der Waals surface area contributed by atoms with Crippen LogP contribution in [0.3, 0.4) is 0 Å². The molecule has 0 saturated heterocycles. The first-order valence-corrected chi connectivity index (χ1v) is 7.36. The van der Waals surface area contributed by atoms with Gasteiger partial charge in [-0.3, -0.25) is 9.98 Å². The molecule has 0 unspecified atom stereocenters. The molecular formula is C15H24N4O. The van der Waals surface area contributed by atoms with Crippen LogP contribution in [0.15, 0.2) is 29.4 Å². The smallest absolute Gasteiger partial charge is 0.191 e. The molecule has 0 amide bonds. The Balaban J connectivity index is 1.78. The summed E-state index contributed by atoms with van der Waals surface area (Å²) < 4.78 is 0. The van der Waals surface area contributed by atoms with Crippen molar-refractivity contribution in [1.29, 1.82) is 0 Å². The van der Waals surface area contributed by atoms with Crippen LogP contribution in [0.5, 0.6) is 0 Å². The van der Waals surface area contributed by atoms with Gasteiger partial charge in [-0.25, -0.2) is 0 Å². The standard InChI is InChI=1S/C15H24N4O/c1-2-16-14(19-12-15(20)8-5-9-15)18-11-7-13-6-3-4-10-17-13/h3-4,6,10,20H,2,5,7-9,11-12H2,1H3,(H2,16,18,19). The molecule has 1 heterocycles. The molecule has 0 aliphatic heterocycles. The molecule has 0 aromatic carbocycles. The van der Waals surface area contributed by atoms with Gasteiger partial charge in [0.1, 0.15) is 0 Å². The number of aromatic nitrogens is 1. The van der Waals surface area contributed by atoms with Crippen LogP contribution >= 0.6 is 0 Å². The Labute approximate surface area is 120 Å². The van der Waals surface area contributed by atoms with E-state index in [1.165, 1.54) is 0 Å². The summed E-state index contributed by atoms with van der Waals surface area (Å²) in [6, 6.07) is 5.93. The Morgan fingerprint density at radius 1 is 1.40 bits per heavy atom. The van der Waals surface area contributed by atoms with E-state index < -0.39 is 5.60 Å². The van der Waals surface area contributed by atoms with Gasteiger partial charge in [0.05, 0.1) is 12.1 Å². The summed E-state index contributed by atoms with van der Waals surface area (Å²) in [6.07, 6.45) is 5.50. The molecule has 1 aromatic rings. The summed E-state index contributed by atoms with van der Waals surface area (Å²) in [5.74, 6) is 0.767. The lowest BCUT2D eigenvalue weighted by atomic mass is 9.80. The van der Waals surface area contributed by atoms with Crippen molar-refractivity contribution in [2.24, 2.45) is 4.99 Å². The lowest BCUT2D eigenvalue weighted by Gasteiger charge is -2.35. The van der Waals surface area contributed by atoms with Crippen LogP contribution in [0.25, 0.3) is 0 Å². The maximum absolute atomic E-state index is 10.1. The van der Waals surface area contributed by atoms with E-state index in [1.807, 2.05) is 25.1 Å². The van der Waals surface area contributed by atoms with E-state index in [0.29, 0.717) is 6.54 Å². The molecule has 20 heavy (non-hydrogen) atoms. The lowest BCUT2D eigenvalue weighted by Crippen LogP contribution is -2.43. The van der Waals surface area contributed by atoms with Crippen LogP contribution in [0, 0.1) is 0 Å². The zero-order valence-corrected chi connectivity index (χ0v) is 12.1. The largest absolute Gasteiger partial charge is 0.388 e. The molecule has 0 radical (unpaired) electrons. The van der Waals surface area contributed by atoms with Crippen molar-refractivity contribution in [3.05, 3.63) is 30.1 Å². The first-order chi connectivity index (χ1) is 9.72. The molecule has 5 heteroatoms. The van der Waals surface area contributed by atoms with Gasteiger partial charge in [-0.2, -0.15) is 0 Å². The van der Waals surface area contributed by atoms with Crippen molar-refractivity contribution in [1.82, 2.24) is 15.6 Å². The highest BCUT2D eigenvalue weighted by Gasteiger charge is 2.34. The van der Waals surface area contributed by atoms with Crippen LogP contribution in [0.4, 0.5) is 0 Å². The third kappa shape index (κ3) is 4.49. The van der Waals surface area contributed by atoms with Gasteiger partial charge < -0.3 is 15.7 Å². The number of hydrogen-bond acceptors (Lipinski definition) is 3. The predicted octanol–water partition coefficient (Wildman–Crippen LogP) is 1.09. The molecule has 1 aliphatic carbocycles. The summed E-state index contributed by atoms with van der Waals surface area (Å²) >= 11 is 0. The number of rotatable bonds is 6. The van der Waals surface area contributed by atoms with E-state index in [4.69, 9.17) is 0 Å². The van der Waals surface area contributed by atoms with Gasteiger partial charge in [-0.1, -0.05) is 6.07 Å². The number of pyridine rings is 1. The highest BCUT2D eigenvalue weighted by molar-refractivity contribution is 5.79. The number of aliphatic hydroxyl groups is 1. The molecule has 110 valence electrons. The van der Waals surface area contributed by atoms with Gasteiger partial charge in [0.2, 0.25) is 0 Å². The summed E-state index contributed by atoms with van der Waals surface area (Å²) in [4.78, 5) is 8.75. The van der Waals surface area contributed by atoms with Crippen molar-refractivity contribution in [3.8, 4) is 0 Å². The molecule has 3 N–H and O–H groups in total. The minimum atomic E-state index is -0.566. The number of hydrogen-bond donors (Lipinski definition) is 3. The van der Waals surface area contributed by atoms with Crippen LogP contribution in [-0.4, -0.2) is 41.3 Å². The summed E-state index contributed by atoms with van der Waals surface area (Å²) in [5.41, 5.74) is 0.497. The summed E-state index contributed by atoms with van der Waals surface area (Å²) in [7, 11) is 0. The minimum absolute atomic E-state index is 0.478. The second-order valence-electron chi connectivity index (χ2n) is 5.27. The molecule has 1 aliphatic rings. The second-order valence-corrected chi connectivity index (χ2v) is 5.27. The average Bonchev–Trinajstić information content (AvgIpc) is 2.44. The molecule has 1 saturated carbocycles. The summed E-state index contributed by atoms with van der Waals surface area (Å²) in [5, 5.41) is 16.5. The fraction of sp³-hybridized carbons (Fsp3) is 0.600. The van der Waals surface area contributed by atoms with Gasteiger partial charge in [0, 0.05) is 31.4 Å². The van der Waals surface area contributed by atoms with Crippen LogP contribution in [-0.2, 0) is 6.42 Å². The number of nitrogens with zero attached hydrogens (tertiary/aromatic N) is 2. The Kier molecular flexibility index (Phi) is 5.35. The van der Waals surface area contributed by atoms with Crippen LogP contribution in [0.1, 0.15) is 31.9 Å². The molecule has 0 atom stereocenters. The fourth-order valence-corrected chi connectivity index (χ4v) is 2.17. The van der Waals surface area contributed by atoms with E-state index in [0.717, 1.165) is 50.4 Å². The quantitative estimate of drug-likeness (QED) is 0.537. The van der Waals surface area contributed by atoms with E-state index >= 15 is 0 Å². The van der Waals surface area contributed by atoms with Gasteiger partial charge >= 0.3 is 0 Å². The molecule has 0 spiro atoms. The zero-order chi connectivity index (χ0) is 14.3. The Morgan fingerprint density at radius 2 is 2.25 bits per heavy atom. The molecule has 2 rings (SSSR count). The van der Waals surface area contributed by atoms with Crippen molar-refractivity contribution in [3.63, 3.8) is 0 Å². The van der Waals surface area contributed by atoms with Crippen molar-refractivity contribution >= 4 is 5.96 Å². The third-order valence-electron chi connectivity index (χ3n) is 3.56. The number of guanidine groups is 1.